The number of nitrogens with one attached hydrogen (secondary N) is 1. The number of hydrogen-bond donors (Lipinski definition) is 1. The molecule has 3 rings (SSSR count). The number of carbonyl (C=O) groups excluding carboxylic acids is 1. The molecule has 7 nitrogen and oxygen atoms in total. The van der Waals surface area contributed by atoms with Gasteiger partial charge in [0.05, 0.1) is 23.4 Å². The monoisotopic (exact) mass is 457 g/mol. The van der Waals surface area contributed by atoms with Crippen molar-refractivity contribution in [3.05, 3.63) is 52.0 Å². The van der Waals surface area contributed by atoms with Crippen molar-refractivity contribution in [1.29, 1.82) is 0 Å². The second-order valence-corrected chi connectivity index (χ2v) is 9.42. The molecule has 29 heavy (non-hydrogen) atoms. The second-order valence-electron chi connectivity index (χ2n) is 6.62. The van der Waals surface area contributed by atoms with E-state index in [-0.39, 0.29) is 16.0 Å². The first kappa shape index (κ1) is 21.7. The summed E-state index contributed by atoms with van der Waals surface area (Å²) in [5, 5.41) is 3.32. The molecule has 1 aliphatic heterocycles. The zero-order valence-corrected chi connectivity index (χ0v) is 18.3. The molecule has 1 N–H and O–H groups in total. The number of rotatable bonds is 5. The van der Waals surface area contributed by atoms with Crippen LogP contribution in [0.25, 0.3) is 0 Å². The number of piperazine rings is 1. The maximum absolute atomic E-state index is 12.5. The van der Waals surface area contributed by atoms with Crippen LogP contribution in [-0.2, 0) is 10.0 Å². The summed E-state index contributed by atoms with van der Waals surface area (Å²) in [6.45, 7) is 2.13. The molecular formula is C19H21Cl2N3O4S. The van der Waals surface area contributed by atoms with Crippen molar-refractivity contribution in [3.8, 4) is 5.75 Å². The average molecular weight is 458 g/mol. The Labute approximate surface area is 180 Å². The third-order valence-corrected chi connectivity index (χ3v) is 6.53. The molecule has 1 fully saturated rings. The molecule has 1 heterocycles. The molecule has 10 heteroatoms. The number of carbonyl (C=O) groups is 1. The fourth-order valence-corrected chi connectivity index (χ4v) is 4.59. The standard InChI is InChI=1S/C19H21Cl2N3O4S/c1-28-18-16(20)11-13(12-17(18)21)19(25)22-14-3-5-15(6-4-14)23-7-9-24(10-8-23)29(2,26)27/h3-6,11-12H,7-10H2,1-2H3,(H,22,25). The number of benzene rings is 2. The van der Waals surface area contributed by atoms with Crippen molar-refractivity contribution in [2.75, 3.05) is 49.8 Å². The molecule has 1 aliphatic rings. The fourth-order valence-electron chi connectivity index (χ4n) is 3.12. The summed E-state index contributed by atoms with van der Waals surface area (Å²) in [5.74, 6) is -0.0174. The minimum absolute atomic E-state index is 0.258. The molecule has 0 radical (unpaired) electrons. The highest BCUT2D eigenvalue weighted by atomic mass is 35.5. The van der Waals surface area contributed by atoms with Gasteiger partial charge in [-0.25, -0.2) is 8.42 Å². The summed E-state index contributed by atoms with van der Waals surface area (Å²) in [7, 11) is -1.70. The summed E-state index contributed by atoms with van der Waals surface area (Å²) in [4.78, 5) is 14.6. The van der Waals surface area contributed by atoms with Gasteiger partial charge in [0.25, 0.3) is 5.91 Å². The summed E-state index contributed by atoms with van der Waals surface area (Å²) >= 11 is 12.2. The van der Waals surface area contributed by atoms with Gasteiger partial charge in [-0.3, -0.25) is 4.79 Å². The normalized spacial score (nSPS) is 15.2. The lowest BCUT2D eigenvalue weighted by atomic mass is 10.2. The van der Waals surface area contributed by atoms with E-state index >= 15 is 0 Å². The van der Waals surface area contributed by atoms with Crippen LogP contribution in [0, 0.1) is 0 Å². The highest BCUT2D eigenvalue weighted by Crippen LogP contribution is 2.34. The van der Waals surface area contributed by atoms with Gasteiger partial charge in [-0.2, -0.15) is 4.31 Å². The van der Waals surface area contributed by atoms with Crippen molar-refractivity contribution >= 4 is 50.5 Å². The van der Waals surface area contributed by atoms with Crippen molar-refractivity contribution in [3.63, 3.8) is 0 Å². The third-order valence-electron chi connectivity index (χ3n) is 4.66. The van der Waals surface area contributed by atoms with Crippen LogP contribution in [0.5, 0.6) is 5.75 Å². The number of hydrogen-bond acceptors (Lipinski definition) is 5. The lowest BCUT2D eigenvalue weighted by Gasteiger charge is -2.34. The largest absolute Gasteiger partial charge is 0.494 e. The van der Waals surface area contributed by atoms with Crippen LogP contribution >= 0.6 is 23.2 Å². The number of halogens is 2. The Morgan fingerprint density at radius 1 is 1.03 bits per heavy atom. The van der Waals surface area contributed by atoms with Gasteiger partial charge in [-0.15, -0.1) is 0 Å². The van der Waals surface area contributed by atoms with Gasteiger partial charge in [0.2, 0.25) is 10.0 Å². The van der Waals surface area contributed by atoms with Crippen LogP contribution in [0.15, 0.2) is 36.4 Å². The zero-order valence-electron chi connectivity index (χ0n) is 16.0. The van der Waals surface area contributed by atoms with Crippen molar-refractivity contribution in [1.82, 2.24) is 4.31 Å². The van der Waals surface area contributed by atoms with Gasteiger partial charge in [-0.1, -0.05) is 23.2 Å². The molecule has 2 aromatic rings. The van der Waals surface area contributed by atoms with E-state index in [0.29, 0.717) is 43.2 Å². The topological polar surface area (TPSA) is 79.0 Å². The number of methoxy groups -OCH3 is 1. The summed E-state index contributed by atoms with van der Waals surface area (Å²) in [6.07, 6.45) is 1.23. The van der Waals surface area contributed by atoms with Crippen LogP contribution in [0.2, 0.25) is 10.0 Å². The Balaban J connectivity index is 1.65. The van der Waals surface area contributed by atoms with Crippen LogP contribution in [0.1, 0.15) is 10.4 Å². The average Bonchev–Trinajstić information content (AvgIpc) is 2.68. The fraction of sp³-hybridized carbons (Fsp3) is 0.316. The Bertz CT molecular complexity index is 982. The van der Waals surface area contributed by atoms with E-state index < -0.39 is 10.0 Å². The molecule has 2 aromatic carbocycles. The van der Waals surface area contributed by atoms with Gasteiger partial charge < -0.3 is 15.0 Å². The van der Waals surface area contributed by atoms with Gasteiger partial charge in [0.1, 0.15) is 0 Å². The number of ether oxygens (including phenoxy) is 1. The van der Waals surface area contributed by atoms with E-state index in [9.17, 15) is 13.2 Å². The molecule has 156 valence electrons. The lowest BCUT2D eigenvalue weighted by molar-refractivity contribution is 0.102. The lowest BCUT2D eigenvalue weighted by Crippen LogP contribution is -2.48. The summed E-state index contributed by atoms with van der Waals surface area (Å²) in [5.41, 5.74) is 1.91. The Hall–Kier alpha value is -2.00. The van der Waals surface area contributed by atoms with Crippen LogP contribution < -0.4 is 15.0 Å². The molecule has 0 spiro atoms. The number of amides is 1. The van der Waals surface area contributed by atoms with Crippen LogP contribution in [0.3, 0.4) is 0 Å². The summed E-state index contributed by atoms with van der Waals surface area (Å²) in [6, 6.07) is 10.4. The highest BCUT2D eigenvalue weighted by Gasteiger charge is 2.23. The maximum atomic E-state index is 12.5. The SMILES string of the molecule is COc1c(Cl)cc(C(=O)Nc2ccc(N3CCN(S(C)(=O)=O)CC3)cc2)cc1Cl. The first-order valence-electron chi connectivity index (χ1n) is 8.83. The molecule has 0 bridgehead atoms. The molecular weight excluding hydrogens is 437 g/mol. The molecule has 0 aliphatic carbocycles. The molecule has 1 saturated heterocycles. The molecule has 0 saturated carbocycles. The molecule has 0 atom stereocenters. The predicted molar refractivity (Wildman–Crippen MR) is 116 cm³/mol. The first-order chi connectivity index (χ1) is 13.7. The van der Waals surface area contributed by atoms with E-state index in [1.807, 2.05) is 12.1 Å². The third kappa shape index (κ3) is 5.14. The smallest absolute Gasteiger partial charge is 0.255 e. The minimum atomic E-state index is -3.16. The minimum Gasteiger partial charge on any atom is -0.494 e. The molecule has 0 aromatic heterocycles. The van der Waals surface area contributed by atoms with Crippen LogP contribution in [-0.4, -0.2) is 58.2 Å². The van der Waals surface area contributed by atoms with Gasteiger partial charge >= 0.3 is 0 Å². The Kier molecular flexibility index (Phi) is 6.58. The van der Waals surface area contributed by atoms with E-state index in [1.165, 1.54) is 29.8 Å². The van der Waals surface area contributed by atoms with E-state index in [1.54, 1.807) is 12.1 Å². The molecule has 1 amide bonds. The van der Waals surface area contributed by atoms with Crippen LogP contribution in [0.4, 0.5) is 11.4 Å². The maximum Gasteiger partial charge on any atom is 0.255 e. The summed E-state index contributed by atoms with van der Waals surface area (Å²) < 4.78 is 29.8. The number of sulfonamides is 1. The molecule has 0 unspecified atom stereocenters. The predicted octanol–water partition coefficient (Wildman–Crippen LogP) is 3.34. The Morgan fingerprint density at radius 2 is 1.59 bits per heavy atom. The van der Waals surface area contributed by atoms with Crippen molar-refractivity contribution < 1.29 is 17.9 Å². The number of anilines is 2. The highest BCUT2D eigenvalue weighted by molar-refractivity contribution is 7.88. The zero-order chi connectivity index (χ0) is 21.2. The van der Waals surface area contributed by atoms with Gasteiger partial charge in [0, 0.05) is 43.1 Å². The van der Waals surface area contributed by atoms with Crippen molar-refractivity contribution in [2.24, 2.45) is 0 Å². The van der Waals surface area contributed by atoms with Gasteiger partial charge in [-0.05, 0) is 36.4 Å². The second kappa shape index (κ2) is 8.79. The van der Waals surface area contributed by atoms with Gasteiger partial charge in [0.15, 0.2) is 5.75 Å². The van der Waals surface area contributed by atoms with Crippen molar-refractivity contribution in [2.45, 2.75) is 0 Å². The Morgan fingerprint density at radius 3 is 2.07 bits per heavy atom. The quantitative estimate of drug-likeness (QED) is 0.744. The van der Waals surface area contributed by atoms with E-state index in [0.717, 1.165) is 5.69 Å². The number of nitrogens with zero attached hydrogens (tertiary/aromatic N) is 2. The van der Waals surface area contributed by atoms with E-state index in [4.69, 9.17) is 27.9 Å². The van der Waals surface area contributed by atoms with E-state index in [2.05, 4.69) is 10.2 Å². The first-order valence-corrected chi connectivity index (χ1v) is 11.4.